The zero-order chi connectivity index (χ0) is 14.9. The topological polar surface area (TPSA) is 29.1 Å². The van der Waals surface area contributed by atoms with Crippen LogP contribution in [0.2, 0.25) is 0 Å². The van der Waals surface area contributed by atoms with Crippen molar-refractivity contribution < 1.29 is 4.79 Å². The predicted molar refractivity (Wildman–Crippen MR) is 111 cm³/mol. The molecule has 1 amide bonds. The van der Waals surface area contributed by atoms with Gasteiger partial charge in [-0.1, -0.05) is 15.9 Å². The Kier molecular flexibility index (Phi) is 6.12. The molecule has 0 spiro atoms. The fraction of sp³-hybridized carbons (Fsp3) is 0.0714. The van der Waals surface area contributed by atoms with Gasteiger partial charge in [-0.3, -0.25) is 4.79 Å². The first-order valence-corrected chi connectivity index (χ1v) is 9.63. The van der Waals surface area contributed by atoms with Crippen molar-refractivity contribution in [2.75, 3.05) is 5.32 Å². The van der Waals surface area contributed by atoms with Crippen LogP contribution in [0.25, 0.3) is 0 Å². The number of hydrogen-bond acceptors (Lipinski definition) is 1. The number of nitrogens with one attached hydrogen (secondary N) is 1. The lowest BCUT2D eigenvalue weighted by Crippen LogP contribution is -2.14. The SMILES string of the molecule is Cc1cc(C(=O)Nc2c(I)cc(I)cc2I)ccc1Br. The normalized spacial score (nSPS) is 10.4. The number of amides is 1. The van der Waals surface area contributed by atoms with Gasteiger partial charge < -0.3 is 5.32 Å². The molecule has 2 aromatic rings. The van der Waals surface area contributed by atoms with Crippen LogP contribution < -0.4 is 5.32 Å². The standard InChI is InChI=1S/C14H9BrI3NO/c1-7-4-8(2-3-10(7)15)14(20)19-13-11(17)5-9(16)6-12(13)18/h2-6H,1H3,(H,19,20). The quantitative estimate of drug-likeness (QED) is 0.402. The second-order valence-corrected chi connectivity index (χ2v) is 8.59. The molecule has 0 unspecified atom stereocenters. The number of anilines is 1. The van der Waals surface area contributed by atoms with Crippen molar-refractivity contribution in [2.45, 2.75) is 6.92 Å². The highest BCUT2D eigenvalue weighted by Crippen LogP contribution is 2.28. The van der Waals surface area contributed by atoms with Crippen LogP contribution in [0.5, 0.6) is 0 Å². The summed E-state index contributed by atoms with van der Waals surface area (Å²) in [7, 11) is 0. The lowest BCUT2D eigenvalue weighted by atomic mass is 10.1. The average Bonchev–Trinajstić information content (AvgIpc) is 2.36. The van der Waals surface area contributed by atoms with Gasteiger partial charge in [0, 0.05) is 20.7 Å². The Bertz CT molecular complexity index is 665. The lowest BCUT2D eigenvalue weighted by Gasteiger charge is -2.11. The monoisotopic (exact) mass is 667 g/mol. The van der Waals surface area contributed by atoms with E-state index in [9.17, 15) is 4.79 Å². The van der Waals surface area contributed by atoms with Gasteiger partial charge in [-0.2, -0.15) is 0 Å². The first kappa shape index (κ1) is 16.9. The van der Waals surface area contributed by atoms with Crippen LogP contribution in [0.15, 0.2) is 34.8 Å². The summed E-state index contributed by atoms with van der Waals surface area (Å²) in [6.07, 6.45) is 0. The lowest BCUT2D eigenvalue weighted by molar-refractivity contribution is 0.102. The van der Waals surface area contributed by atoms with E-state index >= 15 is 0 Å². The molecule has 20 heavy (non-hydrogen) atoms. The maximum atomic E-state index is 12.3. The molecule has 1 N–H and O–H groups in total. The van der Waals surface area contributed by atoms with Crippen LogP contribution in [-0.4, -0.2) is 5.91 Å². The van der Waals surface area contributed by atoms with Gasteiger partial charge in [0.25, 0.3) is 5.91 Å². The molecule has 0 saturated carbocycles. The maximum absolute atomic E-state index is 12.3. The highest BCUT2D eigenvalue weighted by molar-refractivity contribution is 14.1. The molecule has 104 valence electrons. The molecule has 0 radical (unpaired) electrons. The highest BCUT2D eigenvalue weighted by atomic mass is 127. The first-order chi connectivity index (χ1) is 9.38. The Labute approximate surface area is 167 Å². The summed E-state index contributed by atoms with van der Waals surface area (Å²) in [4.78, 5) is 12.3. The minimum atomic E-state index is -0.0855. The second kappa shape index (κ2) is 7.23. The molecule has 2 aromatic carbocycles. The minimum absolute atomic E-state index is 0.0855. The zero-order valence-electron chi connectivity index (χ0n) is 10.3. The third-order valence-electron chi connectivity index (χ3n) is 2.67. The van der Waals surface area contributed by atoms with Crippen LogP contribution in [0.4, 0.5) is 5.69 Å². The molecule has 0 aromatic heterocycles. The number of aryl methyl sites for hydroxylation is 1. The number of halogens is 4. The third-order valence-corrected chi connectivity index (χ3v) is 5.88. The van der Waals surface area contributed by atoms with Crippen molar-refractivity contribution in [3.05, 3.63) is 56.6 Å². The molecule has 0 heterocycles. The smallest absolute Gasteiger partial charge is 0.255 e. The van der Waals surface area contributed by atoms with E-state index in [0.717, 1.165) is 26.4 Å². The van der Waals surface area contributed by atoms with Gasteiger partial charge in [0.2, 0.25) is 0 Å². The van der Waals surface area contributed by atoms with Crippen LogP contribution in [0.3, 0.4) is 0 Å². The Balaban J connectivity index is 2.30. The van der Waals surface area contributed by atoms with E-state index in [2.05, 4.69) is 89.0 Å². The average molecular weight is 668 g/mol. The molecule has 2 rings (SSSR count). The molecule has 0 aliphatic rings. The Morgan fingerprint density at radius 1 is 1.10 bits per heavy atom. The molecule has 0 fully saturated rings. The highest BCUT2D eigenvalue weighted by Gasteiger charge is 2.12. The molecule has 0 bridgehead atoms. The summed E-state index contributed by atoms with van der Waals surface area (Å²) in [5.41, 5.74) is 2.58. The number of benzene rings is 2. The van der Waals surface area contributed by atoms with Gasteiger partial charge in [0.15, 0.2) is 0 Å². The molecular weight excluding hydrogens is 659 g/mol. The summed E-state index contributed by atoms with van der Waals surface area (Å²) in [5.74, 6) is -0.0855. The Morgan fingerprint density at radius 2 is 1.70 bits per heavy atom. The molecule has 0 saturated heterocycles. The van der Waals surface area contributed by atoms with Crippen LogP contribution >= 0.6 is 83.7 Å². The van der Waals surface area contributed by atoms with Gasteiger partial charge in [0.05, 0.1) is 5.69 Å². The first-order valence-electron chi connectivity index (χ1n) is 5.60. The van der Waals surface area contributed by atoms with E-state index in [0.29, 0.717) is 5.56 Å². The van der Waals surface area contributed by atoms with Crippen molar-refractivity contribution in [1.29, 1.82) is 0 Å². The van der Waals surface area contributed by atoms with Crippen molar-refractivity contribution in [3.63, 3.8) is 0 Å². The molecule has 2 nitrogen and oxygen atoms in total. The van der Waals surface area contributed by atoms with E-state index < -0.39 is 0 Å². The van der Waals surface area contributed by atoms with Gasteiger partial charge in [0.1, 0.15) is 0 Å². The van der Waals surface area contributed by atoms with Crippen molar-refractivity contribution in [3.8, 4) is 0 Å². The van der Waals surface area contributed by atoms with Crippen molar-refractivity contribution >= 4 is 95.3 Å². The number of rotatable bonds is 2. The van der Waals surface area contributed by atoms with Gasteiger partial charge in [-0.15, -0.1) is 0 Å². The largest absolute Gasteiger partial charge is 0.320 e. The maximum Gasteiger partial charge on any atom is 0.255 e. The summed E-state index contributed by atoms with van der Waals surface area (Å²) in [6, 6.07) is 9.69. The van der Waals surface area contributed by atoms with E-state index in [4.69, 9.17) is 0 Å². The molecule has 0 aliphatic carbocycles. The van der Waals surface area contributed by atoms with Gasteiger partial charge in [-0.05, 0) is 111 Å². The van der Waals surface area contributed by atoms with Crippen LogP contribution in [0.1, 0.15) is 15.9 Å². The summed E-state index contributed by atoms with van der Waals surface area (Å²) in [6.45, 7) is 1.97. The number of hydrogen-bond donors (Lipinski definition) is 1. The second-order valence-electron chi connectivity index (χ2n) is 4.16. The van der Waals surface area contributed by atoms with Crippen molar-refractivity contribution in [1.82, 2.24) is 0 Å². The van der Waals surface area contributed by atoms with Crippen molar-refractivity contribution in [2.24, 2.45) is 0 Å². The van der Waals surface area contributed by atoms with E-state index in [1.165, 1.54) is 0 Å². The summed E-state index contributed by atoms with van der Waals surface area (Å²) in [5, 5.41) is 3.00. The van der Waals surface area contributed by atoms with Crippen LogP contribution in [-0.2, 0) is 0 Å². The molecule has 6 heteroatoms. The van der Waals surface area contributed by atoms with E-state index in [1.54, 1.807) is 0 Å². The fourth-order valence-corrected chi connectivity index (χ4v) is 5.73. The summed E-state index contributed by atoms with van der Waals surface area (Å²) < 4.78 is 4.25. The Hall–Kier alpha value is 0.580. The van der Waals surface area contributed by atoms with Gasteiger partial charge >= 0.3 is 0 Å². The van der Waals surface area contributed by atoms with E-state index in [-0.39, 0.29) is 5.91 Å². The molecule has 0 aliphatic heterocycles. The fourth-order valence-electron chi connectivity index (χ4n) is 1.63. The third kappa shape index (κ3) is 4.07. The Morgan fingerprint density at radius 3 is 2.25 bits per heavy atom. The minimum Gasteiger partial charge on any atom is -0.320 e. The van der Waals surface area contributed by atoms with Crippen LogP contribution in [0, 0.1) is 17.6 Å². The van der Waals surface area contributed by atoms with E-state index in [1.807, 2.05) is 37.3 Å². The zero-order valence-corrected chi connectivity index (χ0v) is 18.4. The molecule has 0 atom stereocenters. The number of carbonyl (C=O) groups excluding carboxylic acids is 1. The van der Waals surface area contributed by atoms with Gasteiger partial charge in [-0.25, -0.2) is 0 Å². The molecular formula is C14H9BrI3NO. The number of carbonyl (C=O) groups is 1. The summed E-state index contributed by atoms with van der Waals surface area (Å²) >= 11 is 10.2. The predicted octanol–water partition coefficient (Wildman–Crippen LogP) is 5.82.